The zero-order valence-electron chi connectivity index (χ0n) is 30.7. The van der Waals surface area contributed by atoms with E-state index in [0.717, 1.165) is 82.2 Å². The number of nitriles is 1. The predicted octanol–water partition coefficient (Wildman–Crippen LogP) is 13.7. The number of hydrogen-bond acceptors (Lipinski definition) is 1. The molecule has 0 bridgehead atoms. The average molecular weight is 726 g/mol. The smallest absolute Gasteiger partial charge is 0.221 e. The van der Waals surface area contributed by atoms with Crippen molar-refractivity contribution in [3.8, 4) is 34.3 Å². The first-order valence-electron chi connectivity index (χ1n) is 18.9. The van der Waals surface area contributed by atoms with Crippen molar-refractivity contribution in [3.63, 3.8) is 0 Å². The monoisotopic (exact) mass is 725 g/mol. The molecule has 57 heavy (non-hydrogen) atoms. The summed E-state index contributed by atoms with van der Waals surface area (Å²) in [4.78, 5) is 4.48. The zero-order chi connectivity index (χ0) is 38.2. The molecule has 0 aliphatic rings. The lowest BCUT2D eigenvalue weighted by molar-refractivity contribution is 1.05. The summed E-state index contributed by atoms with van der Waals surface area (Å²) in [5, 5.41) is 18.2. The normalized spacial score (nSPS) is 11.5. The Bertz CT molecular complexity index is 3250. The van der Waals surface area contributed by atoms with Crippen molar-refractivity contribution in [3.05, 3.63) is 199 Å². The van der Waals surface area contributed by atoms with Crippen LogP contribution in [0.15, 0.2) is 176 Å². The number of rotatable bonds is 5. The lowest BCUT2D eigenvalue weighted by atomic mass is 9.92. The molecule has 3 aromatic heterocycles. The molecule has 3 heterocycles. The van der Waals surface area contributed by atoms with Crippen molar-refractivity contribution in [2.75, 3.05) is 0 Å². The van der Waals surface area contributed by atoms with Gasteiger partial charge in [0.25, 0.3) is 0 Å². The minimum absolute atomic E-state index is 0.394. The second kappa shape index (κ2) is 12.5. The van der Waals surface area contributed by atoms with Gasteiger partial charge in [-0.15, -0.1) is 0 Å². The lowest BCUT2D eigenvalue weighted by Crippen LogP contribution is -2.13. The molecular formula is C52H31N5. The van der Waals surface area contributed by atoms with E-state index >= 15 is 0 Å². The Labute approximate surface area is 328 Å². The molecule has 0 amide bonds. The SMILES string of the molecule is [C-]#[N+]c1c(-c2ccc(C=C)cc2)c(C#N)c(-n2c3ccccc3c3ccccc32)c(-n2c3ccccc3c3ccccc32)c1-n1c2ccccc2c2ccccc21. The Hall–Kier alpha value is -8.12. The highest BCUT2D eigenvalue weighted by atomic mass is 15.1. The molecule has 0 atom stereocenters. The van der Waals surface area contributed by atoms with E-state index in [-0.39, 0.29) is 0 Å². The third-order valence-electron chi connectivity index (χ3n) is 11.5. The predicted molar refractivity (Wildman–Crippen MR) is 236 cm³/mol. The number of fused-ring (bicyclic) bond motifs is 9. The summed E-state index contributed by atoms with van der Waals surface area (Å²) in [6.07, 6.45) is 1.81. The van der Waals surface area contributed by atoms with Crippen LogP contribution in [0.4, 0.5) is 5.69 Å². The molecule has 0 spiro atoms. The van der Waals surface area contributed by atoms with Gasteiger partial charge in [0, 0.05) is 37.9 Å². The molecular weight excluding hydrogens is 695 g/mol. The van der Waals surface area contributed by atoms with Crippen molar-refractivity contribution in [2.24, 2.45) is 0 Å². The molecule has 0 unspecified atom stereocenters. The van der Waals surface area contributed by atoms with E-state index in [9.17, 15) is 5.26 Å². The first-order valence-corrected chi connectivity index (χ1v) is 18.9. The summed E-state index contributed by atoms with van der Waals surface area (Å²) < 4.78 is 6.81. The van der Waals surface area contributed by atoms with Crippen LogP contribution in [0, 0.1) is 17.9 Å². The molecule has 0 aliphatic carbocycles. The zero-order valence-corrected chi connectivity index (χ0v) is 30.7. The fourth-order valence-corrected chi connectivity index (χ4v) is 9.11. The van der Waals surface area contributed by atoms with Crippen LogP contribution >= 0.6 is 0 Å². The van der Waals surface area contributed by atoms with Crippen LogP contribution in [0.5, 0.6) is 0 Å². The van der Waals surface area contributed by atoms with Crippen LogP contribution in [0.1, 0.15) is 11.1 Å². The van der Waals surface area contributed by atoms with Gasteiger partial charge in [-0.2, -0.15) is 5.26 Å². The fourth-order valence-electron chi connectivity index (χ4n) is 9.11. The highest BCUT2D eigenvalue weighted by Crippen LogP contribution is 2.51. The molecule has 0 radical (unpaired) electrons. The quantitative estimate of drug-likeness (QED) is 0.163. The average Bonchev–Trinajstić information content (AvgIpc) is 3.91. The van der Waals surface area contributed by atoms with Gasteiger partial charge in [-0.3, -0.25) is 0 Å². The van der Waals surface area contributed by atoms with Gasteiger partial charge in [0.05, 0.1) is 62.3 Å². The lowest BCUT2D eigenvalue weighted by Gasteiger charge is -2.27. The van der Waals surface area contributed by atoms with Gasteiger partial charge < -0.3 is 13.7 Å². The van der Waals surface area contributed by atoms with Crippen LogP contribution in [-0.4, -0.2) is 13.7 Å². The maximum atomic E-state index is 11.7. The molecule has 11 aromatic rings. The van der Waals surface area contributed by atoms with E-state index in [0.29, 0.717) is 28.2 Å². The maximum absolute atomic E-state index is 11.7. The van der Waals surface area contributed by atoms with Crippen LogP contribution in [0.2, 0.25) is 0 Å². The maximum Gasteiger partial charge on any atom is 0.221 e. The third kappa shape index (κ3) is 4.49. The molecule has 8 aromatic carbocycles. The first-order chi connectivity index (χ1) is 28.2. The molecule has 0 saturated carbocycles. The summed E-state index contributed by atoms with van der Waals surface area (Å²) in [6, 6.07) is 61.2. The second-order valence-electron chi connectivity index (χ2n) is 14.3. The van der Waals surface area contributed by atoms with Crippen molar-refractivity contribution < 1.29 is 0 Å². The van der Waals surface area contributed by atoms with Gasteiger partial charge in [0.2, 0.25) is 5.69 Å². The molecule has 11 rings (SSSR count). The molecule has 0 saturated heterocycles. The Morgan fingerprint density at radius 1 is 0.456 bits per heavy atom. The highest BCUT2D eigenvalue weighted by molar-refractivity contribution is 6.16. The first kappa shape index (κ1) is 32.3. The van der Waals surface area contributed by atoms with Crippen LogP contribution in [0.3, 0.4) is 0 Å². The minimum Gasteiger partial charge on any atom is -0.317 e. The summed E-state index contributed by atoms with van der Waals surface area (Å²) in [5.74, 6) is 0. The van der Waals surface area contributed by atoms with E-state index in [1.807, 2.05) is 30.3 Å². The Morgan fingerprint density at radius 2 is 0.789 bits per heavy atom. The number of para-hydroxylation sites is 6. The second-order valence-corrected chi connectivity index (χ2v) is 14.3. The third-order valence-corrected chi connectivity index (χ3v) is 11.5. The molecule has 0 aliphatic heterocycles. The van der Waals surface area contributed by atoms with Crippen LogP contribution < -0.4 is 0 Å². The molecule has 0 N–H and O–H groups in total. The highest BCUT2D eigenvalue weighted by Gasteiger charge is 2.33. The van der Waals surface area contributed by atoms with Gasteiger partial charge >= 0.3 is 0 Å². The number of nitrogens with zero attached hydrogens (tertiary/aromatic N) is 5. The van der Waals surface area contributed by atoms with E-state index in [1.54, 1.807) is 0 Å². The van der Waals surface area contributed by atoms with Crippen LogP contribution in [-0.2, 0) is 0 Å². The van der Waals surface area contributed by atoms with Gasteiger partial charge in [-0.25, -0.2) is 4.85 Å². The fraction of sp³-hybridized carbons (Fsp3) is 0. The van der Waals surface area contributed by atoms with Gasteiger partial charge in [0.15, 0.2) is 0 Å². The van der Waals surface area contributed by atoms with Crippen molar-refractivity contribution in [1.29, 1.82) is 5.26 Å². The number of hydrogen-bond donors (Lipinski definition) is 0. The van der Waals surface area contributed by atoms with E-state index in [2.05, 4.69) is 177 Å². The summed E-state index contributed by atoms with van der Waals surface area (Å²) >= 11 is 0. The standard InChI is InChI=1S/C52H31N5/c1-3-33-28-30-34(31-29-33)48-41(32-53)50(55-42-22-10-4-16-35(42)36-17-5-11-23-43(36)55)52(57-46-26-14-8-20-39(46)40-21-9-15-27-47(40)57)51(49(48)54-2)56-44-24-12-6-18-37(44)38-19-7-13-25-45(38)56/h3-31H,1H2. The Kier molecular flexibility index (Phi) is 7.07. The molecule has 5 heteroatoms. The molecule has 0 fully saturated rings. The van der Waals surface area contributed by atoms with Crippen LogP contribution in [0.25, 0.3) is 105 Å². The van der Waals surface area contributed by atoms with Crippen molar-refractivity contribution in [2.45, 2.75) is 0 Å². The van der Waals surface area contributed by atoms with Gasteiger partial charge in [0.1, 0.15) is 6.07 Å². The molecule has 5 nitrogen and oxygen atoms in total. The number of benzene rings is 8. The Morgan fingerprint density at radius 3 is 1.12 bits per heavy atom. The van der Waals surface area contributed by atoms with Gasteiger partial charge in [-0.1, -0.05) is 146 Å². The largest absolute Gasteiger partial charge is 0.317 e. The topological polar surface area (TPSA) is 42.9 Å². The minimum atomic E-state index is 0.394. The summed E-state index contributed by atoms with van der Waals surface area (Å²) in [5.41, 5.74) is 11.1. The van der Waals surface area contributed by atoms with E-state index in [1.165, 1.54) is 0 Å². The summed E-state index contributed by atoms with van der Waals surface area (Å²) in [7, 11) is 0. The van der Waals surface area contributed by atoms with Gasteiger partial charge in [-0.05, 0) is 47.5 Å². The Balaban J connectivity index is 1.50. The number of aromatic nitrogens is 3. The van der Waals surface area contributed by atoms with E-state index < -0.39 is 0 Å². The van der Waals surface area contributed by atoms with Crippen molar-refractivity contribution in [1.82, 2.24) is 13.7 Å². The van der Waals surface area contributed by atoms with E-state index in [4.69, 9.17) is 6.57 Å². The molecule has 264 valence electrons. The summed E-state index contributed by atoms with van der Waals surface area (Å²) in [6.45, 7) is 13.2. The van der Waals surface area contributed by atoms with Crippen molar-refractivity contribution >= 4 is 77.2 Å².